The number of hydrogen-bond acceptors (Lipinski definition) is 3. The second-order valence-electron chi connectivity index (χ2n) is 7.18. The van der Waals surface area contributed by atoms with E-state index in [1.54, 1.807) is 0 Å². The van der Waals surface area contributed by atoms with Crippen molar-refractivity contribution in [1.29, 1.82) is 0 Å². The molecule has 0 unspecified atom stereocenters. The molecule has 0 aliphatic carbocycles. The Bertz CT molecular complexity index is 473. The molecule has 0 radical (unpaired) electrons. The maximum atomic E-state index is 10.6. The fourth-order valence-electron chi connectivity index (χ4n) is 3.02. The number of thioether (sulfide) groups is 1. The summed E-state index contributed by atoms with van der Waals surface area (Å²) in [6.07, 6.45) is 14.6. The highest BCUT2D eigenvalue weighted by Crippen LogP contribution is 2.15. The zero-order chi connectivity index (χ0) is 19.6. The predicted molar refractivity (Wildman–Crippen MR) is 117 cm³/mol. The van der Waals surface area contributed by atoms with Crippen molar-refractivity contribution in [3.8, 4) is 5.75 Å². The van der Waals surface area contributed by atoms with Gasteiger partial charge in [-0.1, -0.05) is 76.8 Å². The Labute approximate surface area is 170 Å². The molecule has 0 aromatic heterocycles. The minimum absolute atomic E-state index is 0.176. The van der Waals surface area contributed by atoms with E-state index in [9.17, 15) is 4.79 Å². The Balaban J connectivity index is 1.88. The van der Waals surface area contributed by atoms with Crippen LogP contribution in [0.3, 0.4) is 0 Å². The Morgan fingerprint density at radius 2 is 1.48 bits per heavy atom. The molecule has 0 atom stereocenters. The van der Waals surface area contributed by atoms with Crippen molar-refractivity contribution in [2.75, 3.05) is 18.1 Å². The second kappa shape index (κ2) is 17.0. The summed E-state index contributed by atoms with van der Waals surface area (Å²) in [6, 6.07) is 7.78. The van der Waals surface area contributed by atoms with Gasteiger partial charge in [0.05, 0.1) is 6.61 Å². The van der Waals surface area contributed by atoms with Crippen molar-refractivity contribution >= 4 is 17.7 Å². The summed E-state index contributed by atoms with van der Waals surface area (Å²) in [5.74, 6) is 2.37. The van der Waals surface area contributed by atoms with Crippen LogP contribution in [-0.2, 0) is 11.2 Å². The van der Waals surface area contributed by atoms with E-state index in [0.717, 1.165) is 23.7 Å². The van der Waals surface area contributed by atoms with Crippen LogP contribution in [-0.4, -0.2) is 29.2 Å². The van der Waals surface area contributed by atoms with Gasteiger partial charge in [-0.2, -0.15) is 11.8 Å². The van der Waals surface area contributed by atoms with Gasteiger partial charge in [0.1, 0.15) is 5.75 Å². The quantitative estimate of drug-likeness (QED) is 0.280. The molecule has 0 bridgehead atoms. The van der Waals surface area contributed by atoms with E-state index in [0.29, 0.717) is 6.42 Å². The van der Waals surface area contributed by atoms with Crippen molar-refractivity contribution in [3.63, 3.8) is 0 Å². The minimum Gasteiger partial charge on any atom is -0.493 e. The second-order valence-corrected chi connectivity index (χ2v) is 8.41. The number of aryl methyl sites for hydroxylation is 1. The lowest BCUT2D eigenvalue weighted by atomic mass is 10.1. The smallest absolute Gasteiger partial charge is 0.303 e. The maximum Gasteiger partial charge on any atom is 0.303 e. The van der Waals surface area contributed by atoms with E-state index in [2.05, 4.69) is 6.92 Å². The molecular weight excluding hydrogens is 356 g/mol. The topological polar surface area (TPSA) is 46.5 Å². The Morgan fingerprint density at radius 3 is 2.07 bits per heavy atom. The normalized spacial score (nSPS) is 10.9. The highest BCUT2D eigenvalue weighted by atomic mass is 32.2. The van der Waals surface area contributed by atoms with E-state index >= 15 is 0 Å². The summed E-state index contributed by atoms with van der Waals surface area (Å²) in [7, 11) is 0. The summed E-state index contributed by atoms with van der Waals surface area (Å²) in [4.78, 5) is 10.6. The summed E-state index contributed by atoms with van der Waals surface area (Å²) in [5.41, 5.74) is 1.04. The fourth-order valence-corrected chi connectivity index (χ4v) is 3.83. The van der Waals surface area contributed by atoms with Gasteiger partial charge in [-0.25, -0.2) is 0 Å². The number of ether oxygens (including phenoxy) is 1. The maximum absolute atomic E-state index is 10.6. The van der Waals surface area contributed by atoms with Crippen molar-refractivity contribution < 1.29 is 14.6 Å². The molecule has 154 valence electrons. The monoisotopic (exact) mass is 394 g/mol. The molecule has 0 saturated heterocycles. The zero-order valence-electron chi connectivity index (χ0n) is 17.1. The molecule has 0 aliphatic heterocycles. The van der Waals surface area contributed by atoms with Crippen LogP contribution in [0.2, 0.25) is 0 Å². The van der Waals surface area contributed by atoms with Crippen molar-refractivity contribution in [2.24, 2.45) is 0 Å². The molecule has 1 aromatic rings. The first kappa shape index (κ1) is 23.9. The average Bonchev–Trinajstić information content (AvgIpc) is 2.67. The Morgan fingerprint density at radius 1 is 0.889 bits per heavy atom. The third kappa shape index (κ3) is 14.6. The molecule has 1 rings (SSSR count). The van der Waals surface area contributed by atoms with Crippen LogP contribution in [0.15, 0.2) is 24.3 Å². The first-order valence-electron chi connectivity index (χ1n) is 10.7. The third-order valence-electron chi connectivity index (χ3n) is 4.69. The third-order valence-corrected chi connectivity index (χ3v) is 5.72. The summed E-state index contributed by atoms with van der Waals surface area (Å²) in [6.45, 7) is 3.00. The summed E-state index contributed by atoms with van der Waals surface area (Å²) >= 11 is 1.97. The molecule has 27 heavy (non-hydrogen) atoms. The van der Waals surface area contributed by atoms with Gasteiger partial charge in [0.15, 0.2) is 0 Å². The molecule has 0 fully saturated rings. The molecule has 0 aliphatic rings. The van der Waals surface area contributed by atoms with Gasteiger partial charge >= 0.3 is 5.97 Å². The molecule has 0 spiro atoms. The lowest BCUT2D eigenvalue weighted by Crippen LogP contribution is -2.01. The molecule has 3 nitrogen and oxygen atoms in total. The van der Waals surface area contributed by atoms with Crippen LogP contribution in [0.4, 0.5) is 0 Å². The number of unbranched alkanes of at least 4 members (excludes halogenated alkanes) is 9. The molecule has 4 heteroatoms. The first-order valence-corrected chi connectivity index (χ1v) is 11.9. The number of rotatable bonds is 18. The van der Waals surface area contributed by atoms with Crippen LogP contribution in [0, 0.1) is 0 Å². The molecule has 1 aromatic carbocycles. The Hall–Kier alpha value is -1.16. The van der Waals surface area contributed by atoms with E-state index in [-0.39, 0.29) is 6.42 Å². The number of hydrogen-bond donors (Lipinski definition) is 1. The van der Waals surface area contributed by atoms with Gasteiger partial charge in [0.25, 0.3) is 0 Å². The molecular formula is C23H38O3S. The lowest BCUT2D eigenvalue weighted by Gasteiger charge is -2.07. The zero-order valence-corrected chi connectivity index (χ0v) is 17.9. The van der Waals surface area contributed by atoms with Crippen molar-refractivity contribution in [2.45, 2.75) is 84.0 Å². The highest BCUT2D eigenvalue weighted by Gasteiger charge is 2.00. The SMILES string of the molecule is CCCCCCCCCCCCSCCOc1ccc(CCC(=O)O)cc1. The number of carbonyl (C=O) groups is 1. The standard InChI is InChI=1S/C23H38O3S/c1-2-3-4-5-6-7-8-9-10-11-19-27-20-18-26-22-15-12-21(13-16-22)14-17-23(24)25/h12-13,15-16H,2-11,14,17-20H2,1H3,(H,24,25). The van der Waals surface area contributed by atoms with Gasteiger partial charge in [0, 0.05) is 12.2 Å². The van der Waals surface area contributed by atoms with Gasteiger partial charge in [0.2, 0.25) is 0 Å². The van der Waals surface area contributed by atoms with Gasteiger partial charge in [-0.3, -0.25) is 4.79 Å². The number of benzene rings is 1. The summed E-state index contributed by atoms with van der Waals surface area (Å²) in [5, 5.41) is 8.70. The van der Waals surface area contributed by atoms with Gasteiger partial charge < -0.3 is 9.84 Å². The molecule has 1 N–H and O–H groups in total. The minimum atomic E-state index is -0.755. The fraction of sp³-hybridized carbons (Fsp3) is 0.696. The van der Waals surface area contributed by atoms with E-state index in [1.807, 2.05) is 36.0 Å². The van der Waals surface area contributed by atoms with Crippen molar-refractivity contribution in [1.82, 2.24) is 0 Å². The van der Waals surface area contributed by atoms with Crippen LogP contribution >= 0.6 is 11.8 Å². The highest BCUT2D eigenvalue weighted by molar-refractivity contribution is 7.99. The molecule has 0 amide bonds. The largest absolute Gasteiger partial charge is 0.493 e. The average molecular weight is 395 g/mol. The van der Waals surface area contributed by atoms with E-state index in [4.69, 9.17) is 9.84 Å². The van der Waals surface area contributed by atoms with Crippen molar-refractivity contribution in [3.05, 3.63) is 29.8 Å². The van der Waals surface area contributed by atoms with Crippen LogP contribution in [0.25, 0.3) is 0 Å². The van der Waals surface area contributed by atoms with Crippen LogP contribution in [0.5, 0.6) is 5.75 Å². The number of aliphatic carboxylic acids is 1. The molecule has 0 saturated carbocycles. The summed E-state index contributed by atoms with van der Waals surface area (Å²) < 4.78 is 5.75. The predicted octanol–water partition coefficient (Wildman–Crippen LogP) is 6.74. The number of carboxylic acid groups (broad SMARTS) is 1. The van der Waals surface area contributed by atoms with Crippen LogP contribution in [0.1, 0.15) is 83.1 Å². The van der Waals surface area contributed by atoms with E-state index < -0.39 is 5.97 Å². The van der Waals surface area contributed by atoms with Crippen LogP contribution < -0.4 is 4.74 Å². The van der Waals surface area contributed by atoms with Gasteiger partial charge in [-0.05, 0) is 36.3 Å². The Kier molecular flexibility index (Phi) is 15.0. The lowest BCUT2D eigenvalue weighted by molar-refractivity contribution is -0.136. The number of carboxylic acids is 1. The van der Waals surface area contributed by atoms with E-state index in [1.165, 1.54) is 70.0 Å². The van der Waals surface area contributed by atoms with Gasteiger partial charge in [-0.15, -0.1) is 0 Å². The first-order chi connectivity index (χ1) is 13.2. The molecule has 0 heterocycles.